The molecule has 1 unspecified atom stereocenters. The van der Waals surface area contributed by atoms with Gasteiger partial charge in [0, 0.05) is 18.6 Å². The van der Waals surface area contributed by atoms with Crippen LogP contribution in [0.2, 0.25) is 0 Å². The molecule has 0 aliphatic carbocycles. The highest BCUT2D eigenvalue weighted by Gasteiger charge is 2.09. The van der Waals surface area contributed by atoms with Crippen LogP contribution in [0.3, 0.4) is 0 Å². The van der Waals surface area contributed by atoms with Gasteiger partial charge in [-0.3, -0.25) is 4.79 Å². The van der Waals surface area contributed by atoms with Gasteiger partial charge in [0.1, 0.15) is 12.4 Å². The molecule has 1 aromatic carbocycles. The lowest BCUT2D eigenvalue weighted by Crippen LogP contribution is -2.20. The van der Waals surface area contributed by atoms with Crippen LogP contribution < -0.4 is 10.3 Å². The number of aromatic nitrogens is 1. The number of hydrogen-bond donors (Lipinski definition) is 1. The molecule has 4 heteroatoms. The molecule has 96 valence electrons. The van der Waals surface area contributed by atoms with Crippen LogP contribution >= 0.6 is 0 Å². The summed E-state index contributed by atoms with van der Waals surface area (Å²) in [4.78, 5) is 11.9. The third kappa shape index (κ3) is 2.38. The number of nitrogens with zero attached hydrogens (tertiary/aromatic N) is 1. The highest BCUT2D eigenvalue weighted by atomic mass is 16.5. The maximum atomic E-state index is 11.9. The molecule has 0 spiro atoms. The fourth-order valence-corrected chi connectivity index (χ4v) is 1.80. The van der Waals surface area contributed by atoms with Gasteiger partial charge in [-0.25, -0.2) is 0 Å². The fraction of sp³-hybridized carbons (Fsp3) is 0.357. The van der Waals surface area contributed by atoms with E-state index >= 15 is 0 Å². The minimum Gasteiger partial charge on any atom is -0.489 e. The van der Waals surface area contributed by atoms with E-state index in [1.54, 1.807) is 19.3 Å². The van der Waals surface area contributed by atoms with E-state index < -0.39 is 6.10 Å². The van der Waals surface area contributed by atoms with Gasteiger partial charge in [-0.1, -0.05) is 25.1 Å². The van der Waals surface area contributed by atoms with Gasteiger partial charge < -0.3 is 14.4 Å². The second kappa shape index (κ2) is 5.23. The number of aryl methyl sites for hydroxylation is 1. The summed E-state index contributed by atoms with van der Waals surface area (Å²) >= 11 is 0. The van der Waals surface area contributed by atoms with Gasteiger partial charge >= 0.3 is 0 Å². The molecule has 4 nitrogen and oxygen atoms in total. The van der Waals surface area contributed by atoms with Gasteiger partial charge in [0.25, 0.3) is 5.56 Å². The van der Waals surface area contributed by atoms with Crippen molar-refractivity contribution in [3.63, 3.8) is 0 Å². The molecule has 1 atom stereocenters. The molecule has 0 saturated carbocycles. The van der Waals surface area contributed by atoms with Gasteiger partial charge in [0.05, 0.1) is 11.5 Å². The Balaban J connectivity index is 2.44. The van der Waals surface area contributed by atoms with Crippen molar-refractivity contribution in [1.29, 1.82) is 0 Å². The Bertz CT molecular complexity index is 604. The van der Waals surface area contributed by atoms with Gasteiger partial charge in [0.15, 0.2) is 0 Å². The van der Waals surface area contributed by atoms with Crippen LogP contribution in [0.15, 0.2) is 35.3 Å². The van der Waals surface area contributed by atoms with Crippen LogP contribution in [0, 0.1) is 0 Å². The first-order chi connectivity index (χ1) is 8.63. The van der Waals surface area contributed by atoms with Crippen LogP contribution in [0.5, 0.6) is 5.75 Å². The van der Waals surface area contributed by atoms with Crippen LogP contribution in [-0.2, 0) is 7.05 Å². The van der Waals surface area contributed by atoms with Crippen molar-refractivity contribution in [3.8, 4) is 5.75 Å². The summed E-state index contributed by atoms with van der Waals surface area (Å²) in [6.07, 6.45) is 1.82. The van der Waals surface area contributed by atoms with Gasteiger partial charge in [-0.15, -0.1) is 0 Å². The van der Waals surface area contributed by atoms with Gasteiger partial charge in [-0.05, 0) is 12.5 Å². The highest BCUT2D eigenvalue weighted by Crippen LogP contribution is 2.22. The Morgan fingerprint density at radius 3 is 2.67 bits per heavy atom. The fourth-order valence-electron chi connectivity index (χ4n) is 1.80. The third-order valence-corrected chi connectivity index (χ3v) is 2.96. The summed E-state index contributed by atoms with van der Waals surface area (Å²) in [7, 11) is 1.69. The smallest absolute Gasteiger partial charge is 0.258 e. The zero-order valence-electron chi connectivity index (χ0n) is 10.6. The van der Waals surface area contributed by atoms with E-state index in [1.165, 1.54) is 4.57 Å². The molecule has 1 N–H and O–H groups in total. The lowest BCUT2D eigenvalue weighted by atomic mass is 10.1. The Morgan fingerprint density at radius 1 is 1.33 bits per heavy atom. The van der Waals surface area contributed by atoms with Crippen molar-refractivity contribution < 1.29 is 9.84 Å². The molecular weight excluding hydrogens is 230 g/mol. The van der Waals surface area contributed by atoms with E-state index in [0.717, 1.165) is 5.39 Å². The van der Waals surface area contributed by atoms with Gasteiger partial charge in [0.2, 0.25) is 0 Å². The standard InChI is InChI=1S/C14H17NO3/c1-3-10(16)9-18-13-8-15(2)14(17)12-7-5-4-6-11(12)13/h4-8,10,16H,3,9H2,1-2H3. The first-order valence-corrected chi connectivity index (χ1v) is 6.02. The number of aliphatic hydroxyl groups is 1. The number of rotatable bonds is 4. The largest absolute Gasteiger partial charge is 0.489 e. The average Bonchev–Trinajstić information content (AvgIpc) is 2.41. The molecule has 0 fully saturated rings. The Labute approximate surface area is 105 Å². The van der Waals surface area contributed by atoms with E-state index in [9.17, 15) is 9.90 Å². The summed E-state index contributed by atoms with van der Waals surface area (Å²) < 4.78 is 7.09. The molecule has 1 aromatic heterocycles. The second-order valence-electron chi connectivity index (χ2n) is 4.33. The maximum absolute atomic E-state index is 11.9. The zero-order valence-corrected chi connectivity index (χ0v) is 10.6. The summed E-state index contributed by atoms with van der Waals surface area (Å²) in [6, 6.07) is 7.32. The first-order valence-electron chi connectivity index (χ1n) is 6.02. The predicted molar refractivity (Wildman–Crippen MR) is 71.0 cm³/mol. The molecule has 0 saturated heterocycles. The maximum Gasteiger partial charge on any atom is 0.258 e. The normalized spacial score (nSPS) is 12.6. The molecule has 0 aliphatic rings. The summed E-state index contributed by atoms with van der Waals surface area (Å²) in [5.74, 6) is 0.625. The number of aliphatic hydroxyl groups excluding tert-OH is 1. The molecule has 0 amide bonds. The van der Waals surface area contributed by atoms with E-state index in [4.69, 9.17) is 4.74 Å². The van der Waals surface area contributed by atoms with Crippen molar-refractivity contribution in [2.75, 3.05) is 6.61 Å². The third-order valence-electron chi connectivity index (χ3n) is 2.96. The SMILES string of the molecule is CCC(O)COc1cn(C)c(=O)c2ccccc12. The van der Waals surface area contributed by atoms with Crippen molar-refractivity contribution in [1.82, 2.24) is 4.57 Å². The molecule has 2 rings (SSSR count). The lowest BCUT2D eigenvalue weighted by molar-refractivity contribution is 0.105. The van der Waals surface area contributed by atoms with Crippen molar-refractivity contribution in [2.24, 2.45) is 7.05 Å². The molecule has 0 aliphatic heterocycles. The second-order valence-corrected chi connectivity index (χ2v) is 4.33. The van der Waals surface area contributed by atoms with Crippen molar-refractivity contribution in [2.45, 2.75) is 19.4 Å². The monoisotopic (exact) mass is 247 g/mol. The Hall–Kier alpha value is -1.81. The number of fused-ring (bicyclic) bond motifs is 1. The quantitative estimate of drug-likeness (QED) is 0.894. The van der Waals surface area contributed by atoms with Gasteiger partial charge in [-0.2, -0.15) is 0 Å². The summed E-state index contributed by atoms with van der Waals surface area (Å²) in [5, 5.41) is 10.9. The Morgan fingerprint density at radius 2 is 2.00 bits per heavy atom. The molecule has 0 radical (unpaired) electrons. The van der Waals surface area contributed by atoms with E-state index in [-0.39, 0.29) is 12.2 Å². The molecule has 2 aromatic rings. The van der Waals surface area contributed by atoms with Crippen molar-refractivity contribution in [3.05, 3.63) is 40.8 Å². The number of pyridine rings is 1. The number of benzene rings is 1. The number of ether oxygens (including phenoxy) is 1. The predicted octanol–water partition coefficient (Wildman–Crippen LogP) is 1.69. The van der Waals surface area contributed by atoms with E-state index in [2.05, 4.69) is 0 Å². The Kier molecular flexibility index (Phi) is 3.67. The zero-order chi connectivity index (χ0) is 13.1. The molecular formula is C14H17NO3. The highest BCUT2D eigenvalue weighted by molar-refractivity contribution is 5.87. The first kappa shape index (κ1) is 12.6. The van der Waals surface area contributed by atoms with E-state index in [0.29, 0.717) is 17.6 Å². The molecule has 0 bridgehead atoms. The van der Waals surface area contributed by atoms with Crippen LogP contribution in [0.4, 0.5) is 0 Å². The minimum absolute atomic E-state index is 0.0472. The summed E-state index contributed by atoms with van der Waals surface area (Å²) in [5.41, 5.74) is -0.0472. The summed E-state index contributed by atoms with van der Waals surface area (Å²) in [6.45, 7) is 2.13. The topological polar surface area (TPSA) is 51.5 Å². The van der Waals surface area contributed by atoms with Crippen LogP contribution in [0.1, 0.15) is 13.3 Å². The van der Waals surface area contributed by atoms with Crippen LogP contribution in [0.25, 0.3) is 10.8 Å². The molecule has 1 heterocycles. The lowest BCUT2D eigenvalue weighted by Gasteiger charge is -2.13. The van der Waals surface area contributed by atoms with E-state index in [1.807, 2.05) is 25.1 Å². The number of hydrogen-bond acceptors (Lipinski definition) is 3. The molecule has 18 heavy (non-hydrogen) atoms. The van der Waals surface area contributed by atoms with Crippen molar-refractivity contribution >= 4 is 10.8 Å². The minimum atomic E-state index is -0.485. The average molecular weight is 247 g/mol. The van der Waals surface area contributed by atoms with Crippen LogP contribution in [-0.4, -0.2) is 22.4 Å².